The monoisotopic (exact) mass is 384 g/mol. The van der Waals surface area contributed by atoms with E-state index in [1.807, 2.05) is 31.2 Å². The van der Waals surface area contributed by atoms with Gasteiger partial charge < -0.3 is 24.8 Å². The Balaban J connectivity index is 1.59. The summed E-state index contributed by atoms with van der Waals surface area (Å²) in [5, 5.41) is 7.01. The van der Waals surface area contributed by atoms with Gasteiger partial charge in [0.25, 0.3) is 0 Å². The van der Waals surface area contributed by atoms with Gasteiger partial charge in [0.2, 0.25) is 12.7 Å². The van der Waals surface area contributed by atoms with Gasteiger partial charge in [0.1, 0.15) is 11.6 Å². The zero-order valence-corrected chi connectivity index (χ0v) is 15.5. The van der Waals surface area contributed by atoms with Gasteiger partial charge in [-0.2, -0.15) is 4.98 Å². The van der Waals surface area contributed by atoms with Crippen molar-refractivity contribution in [3.8, 4) is 17.2 Å². The van der Waals surface area contributed by atoms with Crippen LogP contribution >= 0.6 is 11.6 Å². The lowest BCUT2D eigenvalue weighted by Crippen LogP contribution is -2.03. The van der Waals surface area contributed by atoms with E-state index in [-0.39, 0.29) is 6.79 Å². The molecular formula is C19H17ClN4O3. The van der Waals surface area contributed by atoms with Gasteiger partial charge in [0.15, 0.2) is 11.5 Å². The highest BCUT2D eigenvalue weighted by atomic mass is 35.5. The van der Waals surface area contributed by atoms with E-state index >= 15 is 0 Å². The van der Waals surface area contributed by atoms with E-state index in [1.54, 1.807) is 25.3 Å². The molecule has 138 valence electrons. The molecule has 2 N–H and O–H groups in total. The number of anilines is 4. The molecule has 0 aliphatic carbocycles. The van der Waals surface area contributed by atoms with E-state index in [2.05, 4.69) is 20.6 Å². The molecule has 0 bridgehead atoms. The molecule has 1 aliphatic heterocycles. The summed E-state index contributed by atoms with van der Waals surface area (Å²) in [4.78, 5) is 8.95. The van der Waals surface area contributed by atoms with Crippen molar-refractivity contribution in [2.45, 2.75) is 6.92 Å². The molecule has 1 aliphatic rings. The number of ether oxygens (including phenoxy) is 3. The number of nitrogens with one attached hydrogen (secondary N) is 2. The van der Waals surface area contributed by atoms with Crippen LogP contribution in [0.1, 0.15) is 5.69 Å². The standard InChI is InChI=1S/C19H17ClN4O3/c1-11-7-18(23-14-8-12(20)3-5-15(14)25-2)24-19(21-11)22-13-4-6-16-17(9-13)27-10-26-16/h3-9H,10H2,1-2H3,(H2,21,22,23,24). The maximum Gasteiger partial charge on any atom is 0.231 e. The number of aryl methyl sites for hydroxylation is 1. The van der Waals surface area contributed by atoms with Gasteiger partial charge in [-0.15, -0.1) is 0 Å². The molecule has 2 aromatic carbocycles. The molecule has 0 saturated heterocycles. The lowest BCUT2D eigenvalue weighted by atomic mass is 10.3. The quantitative estimate of drug-likeness (QED) is 0.662. The maximum atomic E-state index is 6.09. The molecule has 0 atom stereocenters. The van der Waals surface area contributed by atoms with E-state index in [0.29, 0.717) is 28.3 Å². The predicted octanol–water partition coefficient (Wildman–Crippen LogP) is 4.66. The second kappa shape index (κ2) is 7.20. The molecule has 2 heterocycles. The zero-order valence-electron chi connectivity index (χ0n) is 14.7. The molecule has 27 heavy (non-hydrogen) atoms. The van der Waals surface area contributed by atoms with Gasteiger partial charge in [0.05, 0.1) is 12.8 Å². The minimum atomic E-state index is 0.231. The van der Waals surface area contributed by atoms with E-state index in [1.165, 1.54) is 0 Å². The number of fused-ring (bicyclic) bond motifs is 1. The van der Waals surface area contributed by atoms with Crippen LogP contribution in [-0.2, 0) is 0 Å². The summed E-state index contributed by atoms with van der Waals surface area (Å²) in [6.07, 6.45) is 0. The zero-order chi connectivity index (χ0) is 18.8. The topological polar surface area (TPSA) is 77.5 Å². The number of hydrogen-bond acceptors (Lipinski definition) is 7. The lowest BCUT2D eigenvalue weighted by molar-refractivity contribution is 0.174. The van der Waals surface area contributed by atoms with Gasteiger partial charge in [-0.3, -0.25) is 0 Å². The molecule has 8 heteroatoms. The summed E-state index contributed by atoms with van der Waals surface area (Å²) in [6.45, 7) is 2.13. The van der Waals surface area contributed by atoms with Gasteiger partial charge in [-0.1, -0.05) is 11.6 Å². The molecule has 0 saturated carbocycles. The number of halogens is 1. The first-order valence-corrected chi connectivity index (χ1v) is 8.61. The molecule has 1 aromatic heterocycles. The summed E-state index contributed by atoms with van der Waals surface area (Å²) < 4.78 is 16.1. The van der Waals surface area contributed by atoms with Gasteiger partial charge >= 0.3 is 0 Å². The van der Waals surface area contributed by atoms with Crippen molar-refractivity contribution in [1.82, 2.24) is 9.97 Å². The first-order valence-electron chi connectivity index (χ1n) is 8.23. The van der Waals surface area contributed by atoms with Crippen LogP contribution in [0.3, 0.4) is 0 Å². The van der Waals surface area contributed by atoms with Crippen molar-refractivity contribution < 1.29 is 14.2 Å². The molecule has 0 radical (unpaired) electrons. The third-order valence-corrected chi connectivity index (χ3v) is 4.14. The number of benzene rings is 2. The van der Waals surface area contributed by atoms with Crippen molar-refractivity contribution in [2.75, 3.05) is 24.5 Å². The highest BCUT2D eigenvalue weighted by Crippen LogP contribution is 2.35. The van der Waals surface area contributed by atoms with Gasteiger partial charge in [-0.25, -0.2) is 4.98 Å². The molecule has 0 spiro atoms. The Morgan fingerprint density at radius 1 is 1.00 bits per heavy atom. The summed E-state index contributed by atoms with van der Waals surface area (Å²) in [7, 11) is 1.60. The number of hydrogen-bond donors (Lipinski definition) is 2. The van der Waals surface area contributed by atoms with Crippen LogP contribution in [-0.4, -0.2) is 23.9 Å². The van der Waals surface area contributed by atoms with Crippen molar-refractivity contribution in [3.63, 3.8) is 0 Å². The lowest BCUT2D eigenvalue weighted by Gasteiger charge is -2.13. The Morgan fingerprint density at radius 2 is 1.85 bits per heavy atom. The second-order valence-electron chi connectivity index (χ2n) is 5.88. The Hall–Kier alpha value is -3.19. The maximum absolute atomic E-state index is 6.09. The molecule has 0 amide bonds. The normalized spacial score (nSPS) is 12.0. The minimum absolute atomic E-state index is 0.231. The molecule has 0 fully saturated rings. The Bertz CT molecular complexity index is 997. The van der Waals surface area contributed by atoms with E-state index < -0.39 is 0 Å². The summed E-state index contributed by atoms with van der Waals surface area (Å²) in [6, 6.07) is 12.8. The van der Waals surface area contributed by atoms with Gasteiger partial charge in [-0.05, 0) is 37.3 Å². The fourth-order valence-electron chi connectivity index (χ4n) is 2.71. The predicted molar refractivity (Wildman–Crippen MR) is 104 cm³/mol. The summed E-state index contributed by atoms with van der Waals surface area (Å²) in [5.41, 5.74) is 2.32. The number of aromatic nitrogens is 2. The van der Waals surface area contributed by atoms with Crippen LogP contribution in [0.25, 0.3) is 0 Å². The Labute approximate surface area is 161 Å². The summed E-state index contributed by atoms with van der Waals surface area (Å²) >= 11 is 6.09. The van der Waals surface area contributed by atoms with Gasteiger partial charge in [0, 0.05) is 28.5 Å². The number of nitrogens with zero attached hydrogens (tertiary/aromatic N) is 2. The molecule has 0 unspecified atom stereocenters. The average Bonchev–Trinajstić information content (AvgIpc) is 3.09. The van der Waals surface area contributed by atoms with Crippen LogP contribution in [0.2, 0.25) is 5.02 Å². The molecular weight excluding hydrogens is 368 g/mol. The fraction of sp³-hybridized carbons (Fsp3) is 0.158. The number of methoxy groups -OCH3 is 1. The van der Waals surface area contributed by atoms with E-state index in [9.17, 15) is 0 Å². The Morgan fingerprint density at radius 3 is 2.70 bits per heavy atom. The smallest absolute Gasteiger partial charge is 0.231 e. The van der Waals surface area contributed by atoms with Crippen LogP contribution in [0.4, 0.5) is 23.1 Å². The first-order chi connectivity index (χ1) is 13.1. The molecule has 3 aromatic rings. The highest BCUT2D eigenvalue weighted by molar-refractivity contribution is 6.31. The Kier molecular flexibility index (Phi) is 4.60. The van der Waals surface area contributed by atoms with Crippen molar-refractivity contribution in [1.29, 1.82) is 0 Å². The van der Waals surface area contributed by atoms with Crippen molar-refractivity contribution in [3.05, 3.63) is 53.2 Å². The third-order valence-electron chi connectivity index (χ3n) is 3.91. The average molecular weight is 385 g/mol. The van der Waals surface area contributed by atoms with Crippen LogP contribution in [0, 0.1) is 6.92 Å². The van der Waals surface area contributed by atoms with Crippen LogP contribution in [0.15, 0.2) is 42.5 Å². The molecule has 4 rings (SSSR count). The summed E-state index contributed by atoms with van der Waals surface area (Å²) in [5.74, 6) is 3.15. The SMILES string of the molecule is COc1ccc(Cl)cc1Nc1cc(C)nc(Nc2ccc3c(c2)OCO3)n1. The fourth-order valence-corrected chi connectivity index (χ4v) is 2.88. The first kappa shape index (κ1) is 17.2. The largest absolute Gasteiger partial charge is 0.495 e. The van der Waals surface area contributed by atoms with Crippen molar-refractivity contribution in [2.24, 2.45) is 0 Å². The van der Waals surface area contributed by atoms with Crippen LogP contribution in [0.5, 0.6) is 17.2 Å². The van der Waals surface area contributed by atoms with E-state index in [4.69, 9.17) is 25.8 Å². The van der Waals surface area contributed by atoms with Crippen molar-refractivity contribution >= 4 is 34.7 Å². The minimum Gasteiger partial charge on any atom is -0.495 e. The van der Waals surface area contributed by atoms with Crippen LogP contribution < -0.4 is 24.8 Å². The number of rotatable bonds is 5. The third kappa shape index (κ3) is 3.83. The van der Waals surface area contributed by atoms with E-state index in [0.717, 1.165) is 22.8 Å². The second-order valence-corrected chi connectivity index (χ2v) is 6.32. The highest BCUT2D eigenvalue weighted by Gasteiger charge is 2.14. The molecule has 7 nitrogen and oxygen atoms in total.